The molecule has 2 atom stereocenters. The van der Waals surface area contributed by atoms with Crippen molar-refractivity contribution < 1.29 is 14.3 Å². The maximum atomic E-state index is 11.8. The summed E-state index contributed by atoms with van der Waals surface area (Å²) in [7, 11) is 1.34. The first kappa shape index (κ1) is 13.1. The third-order valence-corrected chi connectivity index (χ3v) is 3.71. The molecular weight excluding hydrogens is 298 g/mol. The second-order valence-electron chi connectivity index (χ2n) is 4.45. The Hall–Kier alpha value is -1.36. The molecule has 0 aromatic heterocycles. The highest BCUT2D eigenvalue weighted by Crippen LogP contribution is 2.52. The summed E-state index contributed by atoms with van der Waals surface area (Å²) in [4.78, 5) is 23.1. The zero-order chi connectivity index (χ0) is 13.3. The molecular formula is C13H14BrNO3. The Kier molecular flexibility index (Phi) is 3.43. The van der Waals surface area contributed by atoms with E-state index in [1.54, 1.807) is 0 Å². The first-order valence-electron chi connectivity index (χ1n) is 5.62. The van der Waals surface area contributed by atoms with E-state index < -0.39 is 5.54 Å². The monoisotopic (exact) mass is 311 g/mol. The summed E-state index contributed by atoms with van der Waals surface area (Å²) in [5, 5.41) is 2.72. The molecule has 1 aromatic rings. The third kappa shape index (κ3) is 2.27. The second kappa shape index (κ2) is 4.72. The Bertz CT molecular complexity index is 486. The number of amides is 1. The number of benzene rings is 1. The summed E-state index contributed by atoms with van der Waals surface area (Å²) < 4.78 is 5.77. The average Bonchev–Trinajstić information content (AvgIpc) is 3.03. The van der Waals surface area contributed by atoms with E-state index in [0.29, 0.717) is 6.42 Å². The Labute approximate surface area is 114 Å². The highest BCUT2D eigenvalue weighted by Gasteiger charge is 2.62. The fourth-order valence-corrected chi connectivity index (χ4v) is 2.54. The molecule has 1 aromatic carbocycles. The van der Waals surface area contributed by atoms with Crippen LogP contribution in [0.15, 0.2) is 28.7 Å². The minimum absolute atomic E-state index is 0.0121. The highest BCUT2D eigenvalue weighted by atomic mass is 79.9. The van der Waals surface area contributed by atoms with Gasteiger partial charge in [-0.25, -0.2) is 4.79 Å². The van der Waals surface area contributed by atoms with Crippen LogP contribution in [0.3, 0.4) is 0 Å². The fourth-order valence-electron chi connectivity index (χ4n) is 2.27. The van der Waals surface area contributed by atoms with Crippen molar-refractivity contribution >= 4 is 27.8 Å². The molecule has 4 nitrogen and oxygen atoms in total. The Balaban J connectivity index is 2.24. The van der Waals surface area contributed by atoms with Crippen LogP contribution in [0.1, 0.15) is 24.8 Å². The van der Waals surface area contributed by atoms with E-state index in [0.717, 1.165) is 10.0 Å². The molecule has 96 valence electrons. The quantitative estimate of drug-likeness (QED) is 0.869. The average molecular weight is 312 g/mol. The molecule has 1 N–H and O–H groups in total. The molecule has 18 heavy (non-hydrogen) atoms. The van der Waals surface area contributed by atoms with Crippen molar-refractivity contribution in [1.82, 2.24) is 5.32 Å². The minimum Gasteiger partial charge on any atom is -0.467 e. The Morgan fingerprint density at radius 1 is 1.39 bits per heavy atom. The van der Waals surface area contributed by atoms with Gasteiger partial charge in [0.05, 0.1) is 7.11 Å². The first-order valence-corrected chi connectivity index (χ1v) is 6.41. The zero-order valence-corrected chi connectivity index (χ0v) is 11.8. The first-order chi connectivity index (χ1) is 8.49. The van der Waals surface area contributed by atoms with Crippen LogP contribution in [-0.2, 0) is 14.3 Å². The van der Waals surface area contributed by atoms with Crippen molar-refractivity contribution in [2.45, 2.75) is 24.8 Å². The van der Waals surface area contributed by atoms with Crippen LogP contribution in [0.4, 0.5) is 0 Å². The molecule has 0 heterocycles. The molecule has 1 aliphatic rings. The van der Waals surface area contributed by atoms with E-state index >= 15 is 0 Å². The van der Waals surface area contributed by atoms with E-state index in [4.69, 9.17) is 4.74 Å². The molecule has 0 bridgehead atoms. The van der Waals surface area contributed by atoms with Gasteiger partial charge >= 0.3 is 5.97 Å². The van der Waals surface area contributed by atoms with Crippen LogP contribution >= 0.6 is 15.9 Å². The highest BCUT2D eigenvalue weighted by molar-refractivity contribution is 9.10. The number of ether oxygens (including phenoxy) is 1. The van der Waals surface area contributed by atoms with Gasteiger partial charge in [-0.05, 0) is 24.1 Å². The zero-order valence-electron chi connectivity index (χ0n) is 10.2. The van der Waals surface area contributed by atoms with Crippen molar-refractivity contribution in [1.29, 1.82) is 0 Å². The molecule has 1 amide bonds. The van der Waals surface area contributed by atoms with Crippen molar-refractivity contribution in [2.75, 3.05) is 7.11 Å². The molecule has 0 saturated heterocycles. The lowest BCUT2D eigenvalue weighted by Gasteiger charge is -2.16. The van der Waals surface area contributed by atoms with Gasteiger partial charge in [-0.1, -0.05) is 28.1 Å². The molecule has 5 heteroatoms. The van der Waals surface area contributed by atoms with Crippen molar-refractivity contribution in [2.24, 2.45) is 0 Å². The lowest BCUT2D eigenvalue weighted by molar-refractivity contribution is -0.146. The number of methoxy groups -OCH3 is 1. The van der Waals surface area contributed by atoms with Crippen molar-refractivity contribution in [3.8, 4) is 0 Å². The van der Waals surface area contributed by atoms with Gasteiger partial charge in [0.25, 0.3) is 0 Å². The number of hydrogen-bond donors (Lipinski definition) is 1. The molecule has 0 unspecified atom stereocenters. The van der Waals surface area contributed by atoms with Gasteiger partial charge in [0.1, 0.15) is 5.54 Å². The van der Waals surface area contributed by atoms with E-state index in [-0.39, 0.29) is 17.8 Å². The smallest absolute Gasteiger partial charge is 0.332 e. The Morgan fingerprint density at radius 3 is 2.50 bits per heavy atom. The summed E-state index contributed by atoms with van der Waals surface area (Å²) in [5.41, 5.74) is 0.145. The molecule has 1 fully saturated rings. The van der Waals surface area contributed by atoms with E-state index in [9.17, 15) is 9.59 Å². The molecule has 1 aliphatic carbocycles. The number of hydrogen-bond acceptors (Lipinski definition) is 3. The number of rotatable bonds is 3. The maximum Gasteiger partial charge on any atom is 0.332 e. The lowest BCUT2D eigenvalue weighted by Crippen LogP contribution is -2.44. The molecule has 1 saturated carbocycles. The summed E-state index contributed by atoms with van der Waals surface area (Å²) in [6, 6.07) is 7.73. The van der Waals surface area contributed by atoms with Gasteiger partial charge in [-0.15, -0.1) is 0 Å². The maximum absolute atomic E-state index is 11.8. The number of carbonyl (C=O) groups is 2. The molecule has 2 rings (SSSR count). The van der Waals surface area contributed by atoms with Crippen LogP contribution in [0.2, 0.25) is 0 Å². The summed E-state index contributed by atoms with van der Waals surface area (Å²) in [6.45, 7) is 1.40. The SMILES string of the molecule is COC(=O)[C@]1(NC(C)=O)C[C@@H]1c1ccc(Br)cc1. The van der Waals surface area contributed by atoms with Gasteiger partial charge in [0.15, 0.2) is 0 Å². The fraction of sp³-hybridized carbons (Fsp3) is 0.385. The second-order valence-corrected chi connectivity index (χ2v) is 5.37. The molecule has 0 aliphatic heterocycles. The Morgan fingerprint density at radius 2 is 2.00 bits per heavy atom. The standard InChI is InChI=1S/C13H14BrNO3/c1-8(16)15-13(12(17)18-2)7-11(13)9-3-5-10(14)6-4-9/h3-6,11H,7H2,1-2H3,(H,15,16)/t11-,13+/m1/s1. The number of halogens is 1. The topological polar surface area (TPSA) is 55.4 Å². The third-order valence-electron chi connectivity index (χ3n) is 3.18. The van der Waals surface area contributed by atoms with Crippen LogP contribution in [-0.4, -0.2) is 24.5 Å². The number of carbonyl (C=O) groups excluding carboxylic acids is 2. The van der Waals surface area contributed by atoms with Crippen LogP contribution < -0.4 is 5.32 Å². The van der Waals surface area contributed by atoms with Gasteiger partial charge < -0.3 is 10.1 Å². The van der Waals surface area contributed by atoms with Crippen LogP contribution in [0, 0.1) is 0 Å². The predicted octanol–water partition coefficient (Wildman–Crippen LogP) is 1.98. The van der Waals surface area contributed by atoms with E-state index in [2.05, 4.69) is 21.2 Å². The number of nitrogens with one attached hydrogen (secondary N) is 1. The normalized spacial score (nSPS) is 25.4. The minimum atomic E-state index is -0.881. The summed E-state index contributed by atoms with van der Waals surface area (Å²) in [5.74, 6) is -0.618. The van der Waals surface area contributed by atoms with Crippen molar-refractivity contribution in [3.63, 3.8) is 0 Å². The van der Waals surface area contributed by atoms with Gasteiger partial charge in [0.2, 0.25) is 5.91 Å². The molecule has 0 spiro atoms. The number of esters is 1. The van der Waals surface area contributed by atoms with Crippen molar-refractivity contribution in [3.05, 3.63) is 34.3 Å². The van der Waals surface area contributed by atoms with Crippen LogP contribution in [0.5, 0.6) is 0 Å². The van der Waals surface area contributed by atoms with Gasteiger partial charge in [-0.2, -0.15) is 0 Å². The summed E-state index contributed by atoms with van der Waals surface area (Å²) in [6.07, 6.45) is 0.584. The summed E-state index contributed by atoms with van der Waals surface area (Å²) >= 11 is 3.37. The lowest BCUT2D eigenvalue weighted by atomic mass is 10.1. The van der Waals surface area contributed by atoms with E-state index in [1.165, 1.54) is 14.0 Å². The predicted molar refractivity (Wildman–Crippen MR) is 70.1 cm³/mol. The largest absolute Gasteiger partial charge is 0.467 e. The van der Waals surface area contributed by atoms with Gasteiger partial charge in [-0.3, -0.25) is 4.79 Å². The molecule has 0 radical (unpaired) electrons. The van der Waals surface area contributed by atoms with Crippen LogP contribution in [0.25, 0.3) is 0 Å². The van der Waals surface area contributed by atoms with Gasteiger partial charge in [0, 0.05) is 17.3 Å². The van der Waals surface area contributed by atoms with E-state index in [1.807, 2.05) is 24.3 Å².